The molecule has 2 aliphatic heterocycles. The Labute approximate surface area is 176 Å². The number of hydrogen-bond donors (Lipinski definition) is 1. The number of carbonyl (C=O) groups is 1. The molecule has 1 amide bonds. The summed E-state index contributed by atoms with van der Waals surface area (Å²) in [5.74, 6) is 1.01. The zero-order valence-electron chi connectivity index (χ0n) is 18.3. The van der Waals surface area contributed by atoms with Gasteiger partial charge in [0.25, 0.3) is 5.91 Å². The molecular formula is C24H38N4O. The summed E-state index contributed by atoms with van der Waals surface area (Å²) in [6.07, 6.45) is 13.4. The Bertz CT molecular complexity index is 667. The van der Waals surface area contributed by atoms with Crippen LogP contribution >= 0.6 is 0 Å². The third-order valence-corrected chi connectivity index (χ3v) is 7.71. The number of carbonyl (C=O) groups excluding carboxylic acids is 1. The highest BCUT2D eigenvalue weighted by Gasteiger charge is 2.39. The van der Waals surface area contributed by atoms with E-state index in [4.69, 9.17) is 0 Å². The number of amides is 1. The molecule has 3 fully saturated rings. The third kappa shape index (κ3) is 4.76. The Morgan fingerprint density at radius 1 is 1.17 bits per heavy atom. The van der Waals surface area contributed by atoms with Gasteiger partial charge in [0.15, 0.2) is 0 Å². The predicted octanol–water partition coefficient (Wildman–Crippen LogP) is 4.23. The van der Waals surface area contributed by atoms with Gasteiger partial charge in [-0.15, -0.1) is 0 Å². The van der Waals surface area contributed by atoms with Gasteiger partial charge in [-0.3, -0.25) is 4.79 Å². The Morgan fingerprint density at radius 3 is 2.41 bits per heavy atom. The first-order valence-corrected chi connectivity index (χ1v) is 11.8. The molecular weight excluding hydrogens is 360 g/mol. The second-order valence-corrected chi connectivity index (χ2v) is 9.68. The molecule has 1 aromatic rings. The van der Waals surface area contributed by atoms with Crippen molar-refractivity contribution < 1.29 is 4.79 Å². The second kappa shape index (κ2) is 9.03. The second-order valence-electron chi connectivity index (χ2n) is 9.68. The minimum Gasteiger partial charge on any atom is -0.357 e. The number of piperidine rings is 2. The van der Waals surface area contributed by atoms with E-state index in [0.717, 1.165) is 37.8 Å². The summed E-state index contributed by atoms with van der Waals surface area (Å²) >= 11 is 0. The topological polar surface area (TPSA) is 48.5 Å². The monoisotopic (exact) mass is 398 g/mol. The van der Waals surface area contributed by atoms with Crippen molar-refractivity contribution in [1.29, 1.82) is 0 Å². The fourth-order valence-corrected chi connectivity index (χ4v) is 5.35. The van der Waals surface area contributed by atoms with E-state index >= 15 is 0 Å². The van der Waals surface area contributed by atoms with E-state index in [-0.39, 0.29) is 11.9 Å². The Kier molecular flexibility index (Phi) is 6.43. The smallest absolute Gasteiger partial charge is 0.253 e. The van der Waals surface area contributed by atoms with Gasteiger partial charge in [-0.2, -0.15) is 0 Å². The van der Waals surface area contributed by atoms with Crippen molar-refractivity contribution in [2.75, 3.05) is 31.1 Å². The van der Waals surface area contributed by atoms with E-state index in [9.17, 15) is 4.79 Å². The average Bonchev–Trinajstić information content (AvgIpc) is 2.69. The molecule has 29 heavy (non-hydrogen) atoms. The first-order valence-electron chi connectivity index (χ1n) is 11.8. The van der Waals surface area contributed by atoms with Gasteiger partial charge < -0.3 is 15.1 Å². The summed E-state index contributed by atoms with van der Waals surface area (Å²) < 4.78 is 0. The summed E-state index contributed by atoms with van der Waals surface area (Å²) in [6.45, 7) is 9.00. The Morgan fingerprint density at radius 2 is 1.86 bits per heavy atom. The highest BCUT2D eigenvalue weighted by Crippen LogP contribution is 2.43. The molecule has 5 nitrogen and oxygen atoms in total. The standard InChI is InChI=1S/C24H38N4O/c1-3-5-19(2)26-23(29)20-8-9-22(25-18-20)28-16-12-24(13-17-28)10-14-27(15-11-24)21-6-4-7-21/h8-9,18-19,21H,3-7,10-17H2,1-2H3,(H,26,29). The lowest BCUT2D eigenvalue weighted by atomic mass is 9.70. The quantitative estimate of drug-likeness (QED) is 0.779. The summed E-state index contributed by atoms with van der Waals surface area (Å²) in [4.78, 5) is 22.1. The van der Waals surface area contributed by atoms with Gasteiger partial charge in [0.2, 0.25) is 0 Å². The Balaban J connectivity index is 1.27. The predicted molar refractivity (Wildman–Crippen MR) is 118 cm³/mol. The van der Waals surface area contributed by atoms with Crippen LogP contribution < -0.4 is 10.2 Å². The van der Waals surface area contributed by atoms with Crippen LogP contribution in [0.5, 0.6) is 0 Å². The van der Waals surface area contributed by atoms with Crippen LogP contribution in [0, 0.1) is 5.41 Å². The molecule has 1 aromatic heterocycles. The molecule has 0 bridgehead atoms. The molecule has 1 saturated carbocycles. The molecule has 160 valence electrons. The fourth-order valence-electron chi connectivity index (χ4n) is 5.35. The lowest BCUT2D eigenvalue weighted by Gasteiger charge is -2.50. The molecule has 4 rings (SSSR count). The number of aromatic nitrogens is 1. The van der Waals surface area contributed by atoms with E-state index < -0.39 is 0 Å². The number of nitrogens with one attached hydrogen (secondary N) is 1. The van der Waals surface area contributed by atoms with Crippen molar-refractivity contribution in [3.05, 3.63) is 23.9 Å². The van der Waals surface area contributed by atoms with E-state index in [1.807, 2.05) is 12.1 Å². The molecule has 1 atom stereocenters. The summed E-state index contributed by atoms with van der Waals surface area (Å²) in [7, 11) is 0. The van der Waals surface area contributed by atoms with Gasteiger partial charge >= 0.3 is 0 Å². The number of nitrogens with zero attached hydrogens (tertiary/aromatic N) is 3. The van der Waals surface area contributed by atoms with Crippen LogP contribution in [0.1, 0.15) is 82.0 Å². The van der Waals surface area contributed by atoms with Crippen molar-refractivity contribution >= 4 is 11.7 Å². The minimum absolute atomic E-state index is 0.0131. The van der Waals surface area contributed by atoms with E-state index in [2.05, 4.69) is 33.9 Å². The number of anilines is 1. The molecule has 3 aliphatic rings. The molecule has 1 aliphatic carbocycles. The summed E-state index contributed by atoms with van der Waals surface area (Å²) in [5, 5.41) is 3.06. The van der Waals surface area contributed by atoms with E-state index in [1.54, 1.807) is 6.20 Å². The van der Waals surface area contributed by atoms with Crippen LogP contribution in [-0.2, 0) is 0 Å². The van der Waals surface area contributed by atoms with Crippen LogP contribution in [0.4, 0.5) is 5.82 Å². The van der Waals surface area contributed by atoms with Crippen molar-refractivity contribution in [2.45, 2.75) is 83.7 Å². The molecule has 5 heteroatoms. The van der Waals surface area contributed by atoms with Gasteiger partial charge in [0, 0.05) is 31.4 Å². The van der Waals surface area contributed by atoms with Crippen molar-refractivity contribution in [1.82, 2.24) is 15.2 Å². The molecule has 1 unspecified atom stereocenters. The van der Waals surface area contributed by atoms with Gasteiger partial charge in [-0.05, 0) is 82.5 Å². The van der Waals surface area contributed by atoms with E-state index in [0.29, 0.717) is 11.0 Å². The first kappa shape index (κ1) is 20.6. The SMILES string of the molecule is CCCC(C)NC(=O)c1ccc(N2CCC3(CC2)CCN(C2CCC2)CC3)nc1. The van der Waals surface area contributed by atoms with Crippen molar-refractivity contribution in [3.8, 4) is 0 Å². The maximum Gasteiger partial charge on any atom is 0.253 e. The van der Waals surface area contributed by atoms with Crippen LogP contribution in [0.25, 0.3) is 0 Å². The highest BCUT2D eigenvalue weighted by atomic mass is 16.1. The van der Waals surface area contributed by atoms with Crippen LogP contribution in [-0.4, -0.2) is 54.1 Å². The molecule has 2 saturated heterocycles. The molecule has 0 radical (unpaired) electrons. The number of hydrogen-bond acceptors (Lipinski definition) is 4. The van der Waals surface area contributed by atoms with E-state index in [1.165, 1.54) is 58.0 Å². The van der Waals surface area contributed by atoms with Crippen LogP contribution in [0.3, 0.4) is 0 Å². The molecule has 0 aromatic carbocycles. The van der Waals surface area contributed by atoms with Crippen LogP contribution in [0.15, 0.2) is 18.3 Å². The zero-order valence-corrected chi connectivity index (χ0v) is 18.3. The van der Waals surface area contributed by atoms with Crippen molar-refractivity contribution in [2.24, 2.45) is 5.41 Å². The fraction of sp³-hybridized carbons (Fsp3) is 0.750. The highest BCUT2D eigenvalue weighted by molar-refractivity contribution is 5.94. The average molecular weight is 399 g/mol. The van der Waals surface area contributed by atoms with Crippen molar-refractivity contribution in [3.63, 3.8) is 0 Å². The maximum absolute atomic E-state index is 12.4. The lowest BCUT2D eigenvalue weighted by Crippen LogP contribution is -2.51. The molecule has 1 N–H and O–H groups in total. The maximum atomic E-state index is 12.4. The number of likely N-dealkylation sites (tertiary alicyclic amines) is 1. The summed E-state index contributed by atoms with van der Waals surface area (Å²) in [6, 6.07) is 5.06. The van der Waals surface area contributed by atoms with Gasteiger partial charge in [-0.25, -0.2) is 4.98 Å². The normalized spacial score (nSPS) is 23.6. The van der Waals surface area contributed by atoms with Gasteiger partial charge in [0.1, 0.15) is 5.82 Å². The van der Waals surface area contributed by atoms with Gasteiger partial charge in [-0.1, -0.05) is 19.8 Å². The largest absolute Gasteiger partial charge is 0.357 e. The minimum atomic E-state index is -0.0131. The third-order valence-electron chi connectivity index (χ3n) is 7.71. The molecule has 1 spiro atoms. The van der Waals surface area contributed by atoms with Crippen LogP contribution in [0.2, 0.25) is 0 Å². The summed E-state index contributed by atoms with van der Waals surface area (Å²) in [5.41, 5.74) is 1.22. The van der Waals surface area contributed by atoms with Gasteiger partial charge in [0.05, 0.1) is 5.56 Å². The lowest BCUT2D eigenvalue weighted by molar-refractivity contribution is 0.0305. The first-order chi connectivity index (χ1) is 14.1. The number of rotatable bonds is 6. The zero-order chi connectivity index (χ0) is 20.3. The Hall–Kier alpha value is -1.62. The number of pyridine rings is 1. The molecule has 3 heterocycles.